The van der Waals surface area contributed by atoms with E-state index in [9.17, 15) is 14.7 Å². The van der Waals surface area contributed by atoms with E-state index < -0.39 is 23.2 Å². The lowest BCUT2D eigenvalue weighted by atomic mass is 9.99. The third-order valence-electron chi connectivity index (χ3n) is 3.88. The number of carbonyl (C=O) groups excluding carboxylic acids is 1. The van der Waals surface area contributed by atoms with Crippen LogP contribution in [0.25, 0.3) is 0 Å². The number of carbonyl (C=O) groups is 2. The number of amides is 1. The molecule has 1 rings (SSSR count). The fourth-order valence-electron chi connectivity index (χ4n) is 2.71. The summed E-state index contributed by atoms with van der Waals surface area (Å²) in [6.07, 6.45) is 3.44. The fourth-order valence-corrected chi connectivity index (χ4v) is 2.71. The summed E-state index contributed by atoms with van der Waals surface area (Å²) in [6.45, 7) is 7.18. The average Bonchev–Trinajstić information content (AvgIpc) is 2.81. The molecule has 0 aromatic carbocycles. The summed E-state index contributed by atoms with van der Waals surface area (Å²) in [7, 11) is 0. The number of carboxylic acids is 1. The second-order valence-electron chi connectivity index (χ2n) is 7.18. The molecule has 0 aromatic heterocycles. The van der Waals surface area contributed by atoms with E-state index in [1.54, 1.807) is 20.8 Å². The van der Waals surface area contributed by atoms with Gasteiger partial charge in [0.15, 0.2) is 5.54 Å². The molecular weight excluding hydrogens is 300 g/mol. The number of hydrogen-bond donors (Lipinski definition) is 3. The Kier molecular flexibility index (Phi) is 7.28. The van der Waals surface area contributed by atoms with E-state index in [-0.39, 0.29) is 6.61 Å². The SMILES string of the molecule is CC(C)(C)OC(=O)NC1(C(=O)O)CCN(CCCCCCO)C1. The highest BCUT2D eigenvalue weighted by molar-refractivity contribution is 5.85. The Morgan fingerprint density at radius 1 is 1.22 bits per heavy atom. The summed E-state index contributed by atoms with van der Waals surface area (Å²) < 4.78 is 5.18. The zero-order valence-corrected chi connectivity index (χ0v) is 14.4. The van der Waals surface area contributed by atoms with E-state index in [4.69, 9.17) is 9.84 Å². The van der Waals surface area contributed by atoms with Crippen LogP contribution in [-0.4, -0.2) is 64.6 Å². The maximum Gasteiger partial charge on any atom is 0.408 e. The normalized spacial score (nSPS) is 22.1. The Morgan fingerprint density at radius 2 is 1.87 bits per heavy atom. The predicted octanol–water partition coefficient (Wildman–Crippen LogP) is 1.59. The van der Waals surface area contributed by atoms with Crippen LogP contribution in [0.4, 0.5) is 4.79 Å². The summed E-state index contributed by atoms with van der Waals surface area (Å²) in [6, 6.07) is 0. The number of carboxylic acid groups (broad SMARTS) is 1. The fraction of sp³-hybridized carbons (Fsp3) is 0.875. The highest BCUT2D eigenvalue weighted by Crippen LogP contribution is 2.23. The summed E-state index contributed by atoms with van der Waals surface area (Å²) in [5, 5.41) is 20.8. The molecule has 0 saturated carbocycles. The van der Waals surface area contributed by atoms with Crippen molar-refractivity contribution in [3.63, 3.8) is 0 Å². The number of unbranched alkanes of at least 4 members (excludes halogenated alkanes) is 3. The van der Waals surface area contributed by atoms with Crippen LogP contribution in [0.15, 0.2) is 0 Å². The second-order valence-corrected chi connectivity index (χ2v) is 7.18. The lowest BCUT2D eigenvalue weighted by molar-refractivity contribution is -0.144. The third kappa shape index (κ3) is 6.74. The molecule has 1 amide bonds. The lowest BCUT2D eigenvalue weighted by Gasteiger charge is -2.28. The first kappa shape index (κ1) is 19.7. The number of ether oxygens (including phenoxy) is 1. The number of aliphatic carboxylic acids is 1. The Morgan fingerprint density at radius 3 is 2.43 bits per heavy atom. The maximum absolute atomic E-state index is 11.9. The molecule has 1 aliphatic rings. The minimum atomic E-state index is -1.27. The molecule has 0 aliphatic carbocycles. The van der Waals surface area contributed by atoms with Gasteiger partial charge in [-0.3, -0.25) is 0 Å². The molecule has 0 spiro atoms. The van der Waals surface area contributed by atoms with Crippen molar-refractivity contribution in [2.45, 2.75) is 64.0 Å². The largest absolute Gasteiger partial charge is 0.479 e. The molecule has 0 radical (unpaired) electrons. The van der Waals surface area contributed by atoms with E-state index >= 15 is 0 Å². The summed E-state index contributed by atoms with van der Waals surface area (Å²) in [5.41, 5.74) is -1.93. The van der Waals surface area contributed by atoms with Crippen molar-refractivity contribution in [1.29, 1.82) is 0 Å². The monoisotopic (exact) mass is 330 g/mol. The molecule has 7 nitrogen and oxygen atoms in total. The first-order chi connectivity index (χ1) is 10.7. The first-order valence-corrected chi connectivity index (χ1v) is 8.26. The maximum atomic E-state index is 11.9. The molecule has 0 aromatic rings. The van der Waals surface area contributed by atoms with Gasteiger partial charge in [-0.05, 0) is 46.6 Å². The molecule has 23 heavy (non-hydrogen) atoms. The molecule has 134 valence electrons. The molecule has 0 bridgehead atoms. The van der Waals surface area contributed by atoms with Gasteiger partial charge in [0.25, 0.3) is 0 Å². The number of hydrogen-bond acceptors (Lipinski definition) is 5. The van der Waals surface area contributed by atoms with Gasteiger partial charge in [0.2, 0.25) is 0 Å². The molecule has 1 saturated heterocycles. The number of nitrogens with zero attached hydrogens (tertiary/aromatic N) is 1. The van der Waals surface area contributed by atoms with Gasteiger partial charge in [-0.2, -0.15) is 0 Å². The van der Waals surface area contributed by atoms with Gasteiger partial charge in [0.05, 0.1) is 0 Å². The molecule has 7 heteroatoms. The quantitative estimate of drug-likeness (QED) is 0.585. The minimum absolute atomic E-state index is 0.214. The van der Waals surface area contributed by atoms with Crippen LogP contribution >= 0.6 is 0 Å². The summed E-state index contributed by atoms with van der Waals surface area (Å²) >= 11 is 0. The van der Waals surface area contributed by atoms with Gasteiger partial charge in [-0.15, -0.1) is 0 Å². The number of alkyl carbamates (subject to hydrolysis) is 1. The highest BCUT2D eigenvalue weighted by Gasteiger charge is 2.46. The topological polar surface area (TPSA) is 99.1 Å². The Balaban J connectivity index is 2.50. The molecule has 1 heterocycles. The van der Waals surface area contributed by atoms with Crippen molar-refractivity contribution < 1.29 is 24.5 Å². The summed E-state index contributed by atoms with van der Waals surface area (Å²) in [5.74, 6) is -1.02. The van der Waals surface area contributed by atoms with E-state index in [1.807, 2.05) is 0 Å². The standard InChI is InChI=1S/C16H30N2O5/c1-15(2,3)23-14(22)17-16(13(20)21)8-10-18(12-16)9-6-4-5-7-11-19/h19H,4-12H2,1-3H3,(H,17,22)(H,20,21). The third-order valence-corrected chi connectivity index (χ3v) is 3.88. The Bertz CT molecular complexity index is 408. The van der Waals surface area contributed by atoms with Crippen molar-refractivity contribution in [2.24, 2.45) is 0 Å². The van der Waals surface area contributed by atoms with Crippen molar-refractivity contribution in [2.75, 3.05) is 26.2 Å². The van der Waals surface area contributed by atoms with Crippen LogP contribution in [0.2, 0.25) is 0 Å². The predicted molar refractivity (Wildman–Crippen MR) is 86.3 cm³/mol. The molecule has 1 aliphatic heterocycles. The Hall–Kier alpha value is -1.34. The number of nitrogens with one attached hydrogen (secondary N) is 1. The lowest BCUT2D eigenvalue weighted by Crippen LogP contribution is -2.57. The zero-order chi connectivity index (χ0) is 17.5. The molecule has 1 fully saturated rings. The number of likely N-dealkylation sites (tertiary alicyclic amines) is 1. The van der Waals surface area contributed by atoms with Crippen molar-refractivity contribution >= 4 is 12.1 Å². The Labute approximate surface area is 138 Å². The van der Waals surface area contributed by atoms with Crippen LogP contribution in [0.1, 0.15) is 52.9 Å². The zero-order valence-electron chi connectivity index (χ0n) is 14.4. The number of aliphatic hydroxyl groups is 1. The average molecular weight is 330 g/mol. The van der Waals surface area contributed by atoms with Gasteiger partial charge in [-0.25, -0.2) is 9.59 Å². The van der Waals surface area contributed by atoms with E-state index in [0.29, 0.717) is 19.5 Å². The second kappa shape index (κ2) is 8.49. The van der Waals surface area contributed by atoms with Crippen LogP contribution in [0, 0.1) is 0 Å². The van der Waals surface area contributed by atoms with E-state index in [0.717, 1.165) is 32.2 Å². The first-order valence-electron chi connectivity index (χ1n) is 8.26. The molecule has 3 N–H and O–H groups in total. The number of rotatable bonds is 8. The van der Waals surface area contributed by atoms with Crippen LogP contribution in [-0.2, 0) is 9.53 Å². The van der Waals surface area contributed by atoms with Crippen molar-refractivity contribution in [3.8, 4) is 0 Å². The molecule has 1 atom stereocenters. The van der Waals surface area contributed by atoms with Gasteiger partial charge >= 0.3 is 12.1 Å². The van der Waals surface area contributed by atoms with Gasteiger partial charge < -0.3 is 25.2 Å². The molecule has 1 unspecified atom stereocenters. The van der Waals surface area contributed by atoms with Crippen molar-refractivity contribution in [1.82, 2.24) is 10.2 Å². The van der Waals surface area contributed by atoms with Gasteiger partial charge in [-0.1, -0.05) is 12.8 Å². The van der Waals surface area contributed by atoms with E-state index in [2.05, 4.69) is 10.2 Å². The summed E-state index contributed by atoms with van der Waals surface area (Å²) in [4.78, 5) is 25.6. The van der Waals surface area contributed by atoms with Crippen molar-refractivity contribution in [3.05, 3.63) is 0 Å². The smallest absolute Gasteiger partial charge is 0.408 e. The molecular formula is C16H30N2O5. The van der Waals surface area contributed by atoms with Crippen LogP contribution < -0.4 is 5.32 Å². The number of aliphatic hydroxyl groups excluding tert-OH is 1. The van der Waals surface area contributed by atoms with Crippen LogP contribution in [0.3, 0.4) is 0 Å². The van der Waals surface area contributed by atoms with Crippen LogP contribution in [0.5, 0.6) is 0 Å². The van der Waals surface area contributed by atoms with Gasteiger partial charge in [0, 0.05) is 19.7 Å². The highest BCUT2D eigenvalue weighted by atomic mass is 16.6. The van der Waals surface area contributed by atoms with Gasteiger partial charge in [0.1, 0.15) is 5.60 Å². The minimum Gasteiger partial charge on any atom is -0.479 e. The van der Waals surface area contributed by atoms with E-state index in [1.165, 1.54) is 0 Å².